The first kappa shape index (κ1) is 26.2. The van der Waals surface area contributed by atoms with E-state index < -0.39 is 11.5 Å². The first-order chi connectivity index (χ1) is 20.0. The number of fused-ring (bicyclic) bond motifs is 1. The zero-order chi connectivity index (χ0) is 28.2. The fourth-order valence-corrected chi connectivity index (χ4v) is 4.59. The molecule has 0 radical (unpaired) electrons. The Balaban J connectivity index is 1.09. The third-order valence-corrected chi connectivity index (χ3v) is 7.13. The van der Waals surface area contributed by atoms with Gasteiger partial charge in [-0.3, -0.25) is 9.59 Å². The zero-order valence-corrected chi connectivity index (χ0v) is 22.1. The van der Waals surface area contributed by atoms with Crippen molar-refractivity contribution in [3.63, 3.8) is 0 Å². The Hall–Kier alpha value is -5.03. The van der Waals surface area contributed by atoms with Gasteiger partial charge in [-0.1, -0.05) is 18.2 Å². The van der Waals surface area contributed by atoms with Crippen LogP contribution >= 0.6 is 0 Å². The smallest absolute Gasteiger partial charge is 0.415 e. The van der Waals surface area contributed by atoms with Crippen LogP contribution in [0.4, 0.5) is 16.2 Å². The lowest BCUT2D eigenvalue weighted by atomic mass is 10.0. The van der Waals surface area contributed by atoms with Gasteiger partial charge in [0.25, 0.3) is 0 Å². The van der Waals surface area contributed by atoms with Gasteiger partial charge in [-0.25, -0.2) is 14.8 Å². The first-order valence-corrected chi connectivity index (χ1v) is 13.4. The molecular weight excluding hydrogens is 524 g/mol. The molecule has 3 amide bonds. The highest BCUT2D eigenvalue weighted by Gasteiger charge is 2.56. The number of hydrogen-bond acceptors (Lipinski definition) is 8. The molecule has 2 heterocycles. The maximum atomic E-state index is 13.0. The fourth-order valence-electron chi connectivity index (χ4n) is 4.59. The lowest BCUT2D eigenvalue weighted by Crippen LogP contribution is -2.47. The second-order valence-electron chi connectivity index (χ2n) is 9.95. The molecule has 41 heavy (non-hydrogen) atoms. The summed E-state index contributed by atoms with van der Waals surface area (Å²) < 4.78 is 11.5. The van der Waals surface area contributed by atoms with E-state index in [-0.39, 0.29) is 11.8 Å². The summed E-state index contributed by atoms with van der Waals surface area (Å²) in [7, 11) is 0. The van der Waals surface area contributed by atoms with Crippen molar-refractivity contribution in [3.05, 3.63) is 79.1 Å². The average molecular weight is 553 g/mol. The normalized spacial score (nSPS) is 15.6. The number of rotatable bonds is 7. The van der Waals surface area contributed by atoms with Crippen LogP contribution in [0, 0.1) is 5.41 Å². The van der Waals surface area contributed by atoms with Crippen LogP contribution in [0.15, 0.2) is 79.1 Å². The summed E-state index contributed by atoms with van der Waals surface area (Å²) in [6.07, 6.45) is 1.98. The molecule has 0 spiro atoms. The summed E-state index contributed by atoms with van der Waals surface area (Å²) in [4.78, 5) is 48.4. The molecule has 1 aromatic heterocycles. The molecule has 0 unspecified atom stereocenters. The van der Waals surface area contributed by atoms with E-state index in [0.717, 1.165) is 13.1 Å². The van der Waals surface area contributed by atoms with Crippen LogP contribution in [0.3, 0.4) is 0 Å². The van der Waals surface area contributed by atoms with E-state index in [1.165, 1.54) is 6.33 Å². The minimum absolute atomic E-state index is 0.307. The van der Waals surface area contributed by atoms with Crippen LogP contribution in [0.1, 0.15) is 12.8 Å². The minimum atomic E-state index is -1.07. The Bertz CT molecular complexity index is 1580. The lowest BCUT2D eigenvalue weighted by molar-refractivity contribution is -0.131. The highest BCUT2D eigenvalue weighted by molar-refractivity contribution is 6.16. The summed E-state index contributed by atoms with van der Waals surface area (Å²) in [6, 6.07) is 21.0. The predicted molar refractivity (Wildman–Crippen MR) is 152 cm³/mol. The van der Waals surface area contributed by atoms with Gasteiger partial charge < -0.3 is 30.3 Å². The monoisotopic (exact) mass is 552 g/mol. The van der Waals surface area contributed by atoms with Gasteiger partial charge in [0, 0.05) is 43.6 Å². The van der Waals surface area contributed by atoms with Crippen molar-refractivity contribution in [2.24, 2.45) is 5.41 Å². The molecule has 6 rings (SSSR count). The van der Waals surface area contributed by atoms with Crippen LogP contribution in [0.5, 0.6) is 17.4 Å². The Morgan fingerprint density at radius 2 is 1.46 bits per heavy atom. The molecule has 208 valence electrons. The number of benzene rings is 3. The van der Waals surface area contributed by atoms with Crippen molar-refractivity contribution in [2.75, 3.05) is 36.8 Å². The largest absolute Gasteiger partial charge is 0.438 e. The summed E-state index contributed by atoms with van der Waals surface area (Å²) in [5.41, 5.74) is 0.698. The van der Waals surface area contributed by atoms with Crippen LogP contribution in [0.25, 0.3) is 10.9 Å². The van der Waals surface area contributed by atoms with E-state index in [9.17, 15) is 14.4 Å². The van der Waals surface area contributed by atoms with Crippen LogP contribution < -0.4 is 25.4 Å². The highest BCUT2D eigenvalue weighted by atomic mass is 16.6. The quantitative estimate of drug-likeness (QED) is 0.291. The Labute approximate surface area is 235 Å². The first-order valence-electron chi connectivity index (χ1n) is 13.4. The Morgan fingerprint density at radius 1 is 0.805 bits per heavy atom. The maximum Gasteiger partial charge on any atom is 0.415 e. The van der Waals surface area contributed by atoms with E-state index in [1.54, 1.807) is 59.5 Å². The molecule has 3 N–H and O–H groups in total. The SMILES string of the molecule is O=C(Oc1ccc2c(Oc3ccc(NC(=O)C4(C(=O)Nc5ccccc5)CC4)cc3)ncnc2c1)N1CCNCC1. The number of nitrogens with one attached hydrogen (secondary N) is 3. The van der Waals surface area contributed by atoms with Crippen molar-refractivity contribution in [1.29, 1.82) is 0 Å². The van der Waals surface area contributed by atoms with Crippen LogP contribution in [0.2, 0.25) is 0 Å². The predicted octanol–water partition coefficient (Wildman–Crippen LogP) is 4.18. The zero-order valence-electron chi connectivity index (χ0n) is 22.1. The van der Waals surface area contributed by atoms with Crippen molar-refractivity contribution < 1.29 is 23.9 Å². The summed E-state index contributed by atoms with van der Waals surface area (Å²) in [5, 5.41) is 9.52. The van der Waals surface area contributed by atoms with Gasteiger partial charge in [-0.15, -0.1) is 0 Å². The molecule has 0 bridgehead atoms. The van der Waals surface area contributed by atoms with E-state index in [4.69, 9.17) is 9.47 Å². The summed E-state index contributed by atoms with van der Waals surface area (Å²) in [6.45, 7) is 2.67. The third-order valence-electron chi connectivity index (χ3n) is 7.13. The van der Waals surface area contributed by atoms with Crippen molar-refractivity contribution in [3.8, 4) is 17.4 Å². The van der Waals surface area contributed by atoms with Gasteiger partial charge >= 0.3 is 6.09 Å². The molecular formula is C30H28N6O5. The number of hydrogen-bond donors (Lipinski definition) is 3. The van der Waals surface area contributed by atoms with Gasteiger partial charge in [-0.2, -0.15) is 0 Å². The second-order valence-corrected chi connectivity index (χ2v) is 9.95. The van der Waals surface area contributed by atoms with Crippen LogP contribution in [-0.4, -0.2) is 59.0 Å². The van der Waals surface area contributed by atoms with Crippen molar-refractivity contribution in [2.45, 2.75) is 12.8 Å². The number of ether oxygens (including phenoxy) is 2. The number of piperazine rings is 1. The fraction of sp³-hybridized carbons (Fsp3) is 0.233. The van der Waals surface area contributed by atoms with Gasteiger partial charge in [0.15, 0.2) is 0 Å². The molecule has 3 aromatic carbocycles. The molecule has 1 saturated heterocycles. The van der Waals surface area contributed by atoms with E-state index in [1.807, 2.05) is 18.2 Å². The molecule has 11 heteroatoms. The van der Waals surface area contributed by atoms with E-state index >= 15 is 0 Å². The highest BCUT2D eigenvalue weighted by Crippen LogP contribution is 2.47. The average Bonchev–Trinajstić information content (AvgIpc) is 3.82. The number of aromatic nitrogens is 2. The molecule has 1 aliphatic heterocycles. The molecule has 2 fully saturated rings. The van der Waals surface area contributed by atoms with Gasteiger partial charge in [-0.05, 0) is 61.4 Å². The molecule has 11 nitrogen and oxygen atoms in total. The lowest BCUT2D eigenvalue weighted by Gasteiger charge is -2.26. The number of amides is 3. The van der Waals surface area contributed by atoms with E-state index in [2.05, 4.69) is 25.9 Å². The van der Waals surface area contributed by atoms with Crippen molar-refractivity contribution in [1.82, 2.24) is 20.2 Å². The van der Waals surface area contributed by atoms with Crippen molar-refractivity contribution >= 4 is 40.2 Å². The van der Waals surface area contributed by atoms with Crippen LogP contribution in [-0.2, 0) is 9.59 Å². The Kier molecular flexibility index (Phi) is 7.17. The summed E-state index contributed by atoms with van der Waals surface area (Å²) >= 11 is 0. The number of nitrogens with zero attached hydrogens (tertiary/aromatic N) is 3. The van der Waals surface area contributed by atoms with E-state index in [0.29, 0.717) is 65.6 Å². The topological polar surface area (TPSA) is 135 Å². The summed E-state index contributed by atoms with van der Waals surface area (Å²) in [5.74, 6) is 0.575. The molecule has 2 aliphatic rings. The number of anilines is 2. The maximum absolute atomic E-state index is 13.0. The second kappa shape index (κ2) is 11.2. The van der Waals surface area contributed by atoms with Gasteiger partial charge in [0.05, 0.1) is 10.9 Å². The number of carbonyl (C=O) groups is 3. The standard InChI is InChI=1S/C30H28N6O5/c37-27(34-20-4-2-1-3-5-20)30(12-13-30)28(38)35-21-6-8-22(9-7-21)40-26-24-11-10-23(18-25(24)32-19-33-26)41-29(39)36-16-14-31-15-17-36/h1-11,18-19,31H,12-17H2,(H,34,37)(H,35,38). The molecule has 0 atom stereocenters. The molecule has 1 aliphatic carbocycles. The van der Waals surface area contributed by atoms with Gasteiger partial charge in [0.1, 0.15) is 23.2 Å². The number of para-hydroxylation sites is 1. The third kappa shape index (κ3) is 5.80. The Morgan fingerprint density at radius 3 is 2.15 bits per heavy atom. The molecule has 4 aromatic rings. The minimum Gasteiger partial charge on any atom is -0.438 e. The molecule has 1 saturated carbocycles. The van der Waals surface area contributed by atoms with Gasteiger partial charge in [0.2, 0.25) is 17.7 Å². The number of carbonyl (C=O) groups excluding carboxylic acids is 3.